The minimum Gasteiger partial charge on any atom is -0.393 e. The molecule has 104 valence electrons. The first-order chi connectivity index (χ1) is 8.81. The fourth-order valence-electron chi connectivity index (χ4n) is 1.76. The molecule has 0 bridgehead atoms. The maximum Gasteiger partial charge on any atom is 0.292 e. The normalized spacial score (nSPS) is 12.2. The molecule has 7 nitrogen and oxygen atoms in total. The van der Waals surface area contributed by atoms with Crippen LogP contribution in [0.5, 0.6) is 0 Å². The minimum absolute atomic E-state index is 0.0158. The van der Waals surface area contributed by atoms with E-state index in [-0.39, 0.29) is 23.3 Å². The number of rotatable bonds is 5. The summed E-state index contributed by atoms with van der Waals surface area (Å²) in [6, 6.07) is 3.92. The number of nitrogen functional groups attached to an aromatic ring is 1. The smallest absolute Gasteiger partial charge is 0.292 e. The fourth-order valence-corrected chi connectivity index (χ4v) is 1.76. The van der Waals surface area contributed by atoms with Gasteiger partial charge >= 0.3 is 0 Å². The molecule has 0 aliphatic heterocycles. The van der Waals surface area contributed by atoms with Crippen molar-refractivity contribution in [2.24, 2.45) is 0 Å². The van der Waals surface area contributed by atoms with Crippen molar-refractivity contribution < 1.29 is 9.72 Å². The highest BCUT2D eigenvalue weighted by molar-refractivity contribution is 5.95. The molecule has 0 fully saturated rings. The lowest BCUT2D eigenvalue weighted by Crippen LogP contribution is -2.39. The summed E-state index contributed by atoms with van der Waals surface area (Å²) in [5.41, 5.74) is 5.64. The second-order valence-electron chi connectivity index (χ2n) is 4.67. The lowest BCUT2D eigenvalue weighted by atomic mass is 10.1. The summed E-state index contributed by atoms with van der Waals surface area (Å²) in [5.74, 6) is -0.295. The third-order valence-electron chi connectivity index (χ3n) is 2.50. The Hall–Kier alpha value is -2.15. The highest BCUT2D eigenvalue weighted by Gasteiger charge is 2.15. The zero-order valence-electron chi connectivity index (χ0n) is 11.2. The van der Waals surface area contributed by atoms with E-state index in [4.69, 9.17) is 5.73 Å². The van der Waals surface area contributed by atoms with Gasteiger partial charge < -0.3 is 16.0 Å². The standard InChI is InChI=1S/C12H18N4O3/c1-8(7-15(2)3)14-12(17)9-4-5-11(16(18)19)10(13)6-9/h4-6,8H,7,13H2,1-3H3,(H,14,17). The molecule has 19 heavy (non-hydrogen) atoms. The summed E-state index contributed by atoms with van der Waals surface area (Å²) in [6.45, 7) is 2.58. The molecular formula is C12H18N4O3. The van der Waals surface area contributed by atoms with Crippen LogP contribution in [0.1, 0.15) is 17.3 Å². The molecule has 0 aliphatic rings. The summed E-state index contributed by atoms with van der Waals surface area (Å²) in [5, 5.41) is 13.4. The second kappa shape index (κ2) is 6.14. The maximum absolute atomic E-state index is 11.9. The molecule has 0 spiro atoms. The van der Waals surface area contributed by atoms with Crippen molar-refractivity contribution >= 4 is 17.3 Å². The summed E-state index contributed by atoms with van der Waals surface area (Å²) in [6.07, 6.45) is 0. The van der Waals surface area contributed by atoms with Crippen molar-refractivity contribution in [2.45, 2.75) is 13.0 Å². The van der Waals surface area contributed by atoms with Crippen LogP contribution in [-0.2, 0) is 0 Å². The SMILES string of the molecule is CC(CN(C)C)NC(=O)c1ccc([N+](=O)[O-])c(N)c1. The summed E-state index contributed by atoms with van der Waals surface area (Å²) in [7, 11) is 3.82. The number of likely N-dealkylation sites (N-methyl/N-ethyl adjacent to an activating group) is 1. The number of hydrogen-bond donors (Lipinski definition) is 2. The Morgan fingerprint density at radius 3 is 2.63 bits per heavy atom. The van der Waals surface area contributed by atoms with Gasteiger partial charge in [-0.2, -0.15) is 0 Å². The average molecular weight is 266 g/mol. The van der Waals surface area contributed by atoms with E-state index >= 15 is 0 Å². The van der Waals surface area contributed by atoms with Gasteiger partial charge in [0, 0.05) is 24.2 Å². The number of carbonyl (C=O) groups excluding carboxylic acids is 1. The molecule has 3 N–H and O–H groups in total. The largest absolute Gasteiger partial charge is 0.393 e. The van der Waals surface area contributed by atoms with Crippen molar-refractivity contribution in [3.8, 4) is 0 Å². The molecule has 0 aromatic heterocycles. The van der Waals surface area contributed by atoms with Gasteiger partial charge in [0.15, 0.2) is 0 Å². The van der Waals surface area contributed by atoms with E-state index in [1.807, 2.05) is 25.9 Å². The molecule has 1 aromatic rings. The molecule has 7 heteroatoms. The Balaban J connectivity index is 2.78. The number of nitrogens with two attached hydrogens (primary N) is 1. The Bertz CT molecular complexity index is 488. The first-order valence-electron chi connectivity index (χ1n) is 5.80. The van der Waals surface area contributed by atoms with E-state index in [2.05, 4.69) is 5.32 Å². The molecular weight excluding hydrogens is 248 g/mol. The molecule has 1 amide bonds. The summed E-state index contributed by atoms with van der Waals surface area (Å²) < 4.78 is 0. The molecule has 0 saturated heterocycles. The van der Waals surface area contributed by atoms with Crippen LogP contribution in [0, 0.1) is 10.1 Å². The van der Waals surface area contributed by atoms with E-state index in [0.717, 1.165) is 0 Å². The van der Waals surface area contributed by atoms with E-state index in [0.29, 0.717) is 12.1 Å². The van der Waals surface area contributed by atoms with Crippen molar-refractivity contribution in [2.75, 3.05) is 26.4 Å². The van der Waals surface area contributed by atoms with Crippen LogP contribution in [0.25, 0.3) is 0 Å². The lowest BCUT2D eigenvalue weighted by Gasteiger charge is -2.18. The number of benzene rings is 1. The van der Waals surface area contributed by atoms with Gasteiger partial charge in [0.25, 0.3) is 11.6 Å². The number of carbonyl (C=O) groups is 1. The van der Waals surface area contributed by atoms with Crippen molar-refractivity contribution in [1.82, 2.24) is 10.2 Å². The van der Waals surface area contributed by atoms with Crippen LogP contribution >= 0.6 is 0 Å². The number of nitrogens with zero attached hydrogens (tertiary/aromatic N) is 2. The van der Waals surface area contributed by atoms with Gasteiger partial charge in [0.1, 0.15) is 5.69 Å². The van der Waals surface area contributed by atoms with Crippen LogP contribution in [0.15, 0.2) is 18.2 Å². The van der Waals surface area contributed by atoms with Crippen LogP contribution in [0.4, 0.5) is 11.4 Å². The van der Waals surface area contributed by atoms with Crippen molar-refractivity contribution in [3.05, 3.63) is 33.9 Å². The molecule has 1 rings (SSSR count). The monoisotopic (exact) mass is 266 g/mol. The molecule has 0 saturated carbocycles. The zero-order chi connectivity index (χ0) is 14.6. The van der Waals surface area contributed by atoms with Gasteiger partial charge in [-0.1, -0.05) is 0 Å². The van der Waals surface area contributed by atoms with Crippen molar-refractivity contribution in [3.63, 3.8) is 0 Å². The second-order valence-corrected chi connectivity index (χ2v) is 4.67. The number of nitrogens with one attached hydrogen (secondary N) is 1. The average Bonchev–Trinajstić information content (AvgIpc) is 2.26. The van der Waals surface area contributed by atoms with Gasteiger partial charge in [-0.25, -0.2) is 0 Å². The van der Waals surface area contributed by atoms with E-state index < -0.39 is 4.92 Å². The molecule has 0 heterocycles. The molecule has 1 aromatic carbocycles. The van der Waals surface area contributed by atoms with Crippen molar-refractivity contribution in [1.29, 1.82) is 0 Å². The molecule has 1 unspecified atom stereocenters. The minimum atomic E-state index is -0.578. The number of amides is 1. The van der Waals surface area contributed by atoms with Gasteiger partial charge in [-0.05, 0) is 33.2 Å². The number of nitro benzene ring substituents is 1. The van der Waals surface area contributed by atoms with E-state index in [1.54, 1.807) is 0 Å². The first-order valence-corrected chi connectivity index (χ1v) is 5.80. The number of hydrogen-bond acceptors (Lipinski definition) is 5. The van der Waals surface area contributed by atoms with Gasteiger partial charge in [0.05, 0.1) is 4.92 Å². The molecule has 0 aliphatic carbocycles. The Kier molecular flexibility index (Phi) is 4.82. The third-order valence-corrected chi connectivity index (χ3v) is 2.50. The quantitative estimate of drug-likeness (QED) is 0.467. The van der Waals surface area contributed by atoms with Crippen LogP contribution < -0.4 is 11.1 Å². The van der Waals surface area contributed by atoms with E-state index in [1.165, 1.54) is 18.2 Å². The summed E-state index contributed by atoms with van der Waals surface area (Å²) >= 11 is 0. The number of nitro groups is 1. The highest BCUT2D eigenvalue weighted by atomic mass is 16.6. The highest BCUT2D eigenvalue weighted by Crippen LogP contribution is 2.21. The Morgan fingerprint density at radius 2 is 2.16 bits per heavy atom. The van der Waals surface area contributed by atoms with Crippen LogP contribution in [-0.4, -0.2) is 42.4 Å². The topological polar surface area (TPSA) is 102 Å². The third kappa shape index (κ3) is 4.22. The predicted octanol–water partition coefficient (Wildman–Crippen LogP) is 0.857. The van der Waals surface area contributed by atoms with Gasteiger partial charge in [-0.3, -0.25) is 14.9 Å². The predicted molar refractivity (Wildman–Crippen MR) is 73.0 cm³/mol. The molecule has 0 radical (unpaired) electrons. The summed E-state index contributed by atoms with van der Waals surface area (Å²) in [4.78, 5) is 23.9. The van der Waals surface area contributed by atoms with E-state index in [9.17, 15) is 14.9 Å². The number of anilines is 1. The first kappa shape index (κ1) is 14.9. The lowest BCUT2D eigenvalue weighted by molar-refractivity contribution is -0.383. The van der Waals surface area contributed by atoms with Gasteiger partial charge in [-0.15, -0.1) is 0 Å². The van der Waals surface area contributed by atoms with Gasteiger partial charge in [0.2, 0.25) is 0 Å². The van der Waals surface area contributed by atoms with Crippen LogP contribution in [0.3, 0.4) is 0 Å². The maximum atomic E-state index is 11.9. The Morgan fingerprint density at radius 1 is 1.53 bits per heavy atom. The van der Waals surface area contributed by atoms with Crippen LogP contribution in [0.2, 0.25) is 0 Å². The molecule has 1 atom stereocenters. The fraction of sp³-hybridized carbons (Fsp3) is 0.417. The Labute approximate surface area is 111 Å². The zero-order valence-corrected chi connectivity index (χ0v) is 11.2.